The Labute approximate surface area is 144 Å². The van der Waals surface area contributed by atoms with Gasteiger partial charge in [0.15, 0.2) is 0 Å². The highest BCUT2D eigenvalue weighted by Gasteiger charge is 2.43. The van der Waals surface area contributed by atoms with E-state index in [2.05, 4.69) is 5.32 Å². The number of nitrogens with zero attached hydrogens (tertiary/aromatic N) is 1. The number of hydrogen-bond acceptors (Lipinski definition) is 3. The Bertz CT molecular complexity index is 491. The van der Waals surface area contributed by atoms with Gasteiger partial charge in [-0.3, -0.25) is 9.59 Å². The van der Waals surface area contributed by atoms with Crippen LogP contribution in [0.4, 0.5) is 0 Å². The van der Waals surface area contributed by atoms with Gasteiger partial charge in [0.05, 0.1) is 5.60 Å². The van der Waals surface area contributed by atoms with Gasteiger partial charge in [-0.1, -0.05) is 19.3 Å². The first kappa shape index (κ1) is 16.4. The lowest BCUT2D eigenvalue weighted by Crippen LogP contribution is -2.53. The molecule has 4 rings (SSSR count). The summed E-state index contributed by atoms with van der Waals surface area (Å²) in [5.74, 6) is 0.481. The minimum atomic E-state index is -0.233. The summed E-state index contributed by atoms with van der Waals surface area (Å²) in [6, 6.07) is -0.0222. The molecule has 2 heterocycles. The fraction of sp³-hybridized carbons (Fsp3) is 0.895. The Balaban J connectivity index is 1.35. The molecule has 0 radical (unpaired) electrons. The molecule has 1 spiro atoms. The van der Waals surface area contributed by atoms with Crippen molar-refractivity contribution in [2.75, 3.05) is 13.2 Å². The van der Waals surface area contributed by atoms with Crippen LogP contribution in [0.25, 0.3) is 0 Å². The van der Waals surface area contributed by atoms with Crippen LogP contribution in [0.15, 0.2) is 0 Å². The number of carbonyl (C=O) groups is 2. The number of ether oxygens (including phenoxy) is 1. The number of rotatable bonds is 3. The van der Waals surface area contributed by atoms with Crippen molar-refractivity contribution in [1.82, 2.24) is 10.2 Å². The SMILES string of the molecule is O=C(NC1CCOC2(CCCCC2)C1)C1CCCN1C(=O)C1CC1. The Morgan fingerprint density at radius 2 is 1.79 bits per heavy atom. The highest BCUT2D eigenvalue weighted by Crippen LogP contribution is 2.39. The van der Waals surface area contributed by atoms with Crippen LogP contribution >= 0.6 is 0 Å². The largest absolute Gasteiger partial charge is 0.375 e. The molecule has 2 unspecified atom stereocenters. The van der Waals surface area contributed by atoms with Gasteiger partial charge in [0.1, 0.15) is 6.04 Å². The van der Waals surface area contributed by atoms with Gasteiger partial charge in [-0.15, -0.1) is 0 Å². The topological polar surface area (TPSA) is 58.6 Å². The molecular weight excluding hydrogens is 304 g/mol. The van der Waals surface area contributed by atoms with Crippen LogP contribution in [0.3, 0.4) is 0 Å². The van der Waals surface area contributed by atoms with E-state index in [1.165, 1.54) is 19.3 Å². The van der Waals surface area contributed by atoms with Crippen molar-refractivity contribution in [1.29, 1.82) is 0 Å². The monoisotopic (exact) mass is 334 g/mol. The zero-order valence-corrected chi connectivity index (χ0v) is 14.6. The van der Waals surface area contributed by atoms with Gasteiger partial charge in [0, 0.05) is 25.1 Å². The van der Waals surface area contributed by atoms with Gasteiger partial charge in [-0.25, -0.2) is 0 Å². The molecule has 2 amide bonds. The minimum absolute atomic E-state index is 0.00758. The smallest absolute Gasteiger partial charge is 0.243 e. The zero-order valence-electron chi connectivity index (χ0n) is 14.6. The van der Waals surface area contributed by atoms with Gasteiger partial charge in [0.2, 0.25) is 11.8 Å². The normalized spacial score (nSPS) is 32.8. The lowest BCUT2D eigenvalue weighted by molar-refractivity contribution is -0.141. The molecule has 2 saturated heterocycles. The molecule has 2 atom stereocenters. The Hall–Kier alpha value is -1.10. The number of likely N-dealkylation sites (tertiary alicyclic amines) is 1. The molecule has 24 heavy (non-hydrogen) atoms. The molecule has 0 aromatic heterocycles. The second kappa shape index (κ2) is 6.66. The van der Waals surface area contributed by atoms with E-state index in [0.717, 1.165) is 64.5 Å². The number of nitrogens with one attached hydrogen (secondary N) is 1. The molecule has 0 aromatic carbocycles. The minimum Gasteiger partial charge on any atom is -0.375 e. The third-order valence-corrected chi connectivity index (χ3v) is 6.37. The van der Waals surface area contributed by atoms with Crippen LogP contribution in [0, 0.1) is 5.92 Å². The predicted molar refractivity (Wildman–Crippen MR) is 90.4 cm³/mol. The highest BCUT2D eigenvalue weighted by atomic mass is 16.5. The third-order valence-electron chi connectivity index (χ3n) is 6.37. The lowest BCUT2D eigenvalue weighted by Gasteiger charge is -2.44. The number of amides is 2. The van der Waals surface area contributed by atoms with E-state index >= 15 is 0 Å². The molecular formula is C19H30N2O3. The quantitative estimate of drug-likeness (QED) is 0.862. The van der Waals surface area contributed by atoms with Crippen LogP contribution < -0.4 is 5.32 Å². The Morgan fingerprint density at radius 1 is 1.00 bits per heavy atom. The van der Waals surface area contributed by atoms with Crippen molar-refractivity contribution < 1.29 is 14.3 Å². The first-order chi connectivity index (χ1) is 11.7. The number of hydrogen-bond donors (Lipinski definition) is 1. The van der Waals surface area contributed by atoms with Crippen molar-refractivity contribution in [3.05, 3.63) is 0 Å². The molecule has 1 N–H and O–H groups in total. The van der Waals surface area contributed by atoms with Gasteiger partial charge < -0.3 is 15.0 Å². The summed E-state index contributed by atoms with van der Waals surface area (Å²) in [6.45, 7) is 1.51. The fourth-order valence-electron chi connectivity index (χ4n) is 4.86. The van der Waals surface area contributed by atoms with E-state index in [9.17, 15) is 9.59 Å². The molecule has 5 heteroatoms. The summed E-state index contributed by atoms with van der Waals surface area (Å²) in [6.07, 6.45) is 11.7. The van der Waals surface area contributed by atoms with Crippen molar-refractivity contribution in [3.8, 4) is 0 Å². The lowest BCUT2D eigenvalue weighted by atomic mass is 9.78. The fourth-order valence-corrected chi connectivity index (χ4v) is 4.86. The van der Waals surface area contributed by atoms with E-state index in [4.69, 9.17) is 4.74 Å². The molecule has 2 aliphatic carbocycles. The number of carbonyl (C=O) groups excluding carboxylic acids is 2. The highest BCUT2D eigenvalue weighted by molar-refractivity contribution is 5.90. The molecule has 134 valence electrons. The molecule has 0 bridgehead atoms. The van der Waals surface area contributed by atoms with Crippen LogP contribution in [0.2, 0.25) is 0 Å². The molecule has 4 aliphatic rings. The maximum atomic E-state index is 12.8. The second-order valence-corrected chi connectivity index (χ2v) is 8.25. The molecule has 0 aromatic rings. The summed E-state index contributed by atoms with van der Waals surface area (Å²) in [4.78, 5) is 27.0. The van der Waals surface area contributed by atoms with E-state index in [-0.39, 0.29) is 35.4 Å². The Morgan fingerprint density at radius 3 is 2.54 bits per heavy atom. The van der Waals surface area contributed by atoms with E-state index in [1.54, 1.807) is 0 Å². The van der Waals surface area contributed by atoms with Crippen LogP contribution in [0.5, 0.6) is 0 Å². The van der Waals surface area contributed by atoms with E-state index in [1.807, 2.05) is 4.90 Å². The van der Waals surface area contributed by atoms with E-state index < -0.39 is 0 Å². The summed E-state index contributed by atoms with van der Waals surface area (Å²) in [5.41, 5.74) is 0.00758. The van der Waals surface area contributed by atoms with Crippen molar-refractivity contribution in [3.63, 3.8) is 0 Å². The first-order valence-corrected chi connectivity index (χ1v) is 9.92. The molecule has 5 nitrogen and oxygen atoms in total. The summed E-state index contributed by atoms with van der Waals surface area (Å²) in [7, 11) is 0. The zero-order chi connectivity index (χ0) is 16.6. The van der Waals surface area contributed by atoms with E-state index in [0.29, 0.717) is 0 Å². The maximum absolute atomic E-state index is 12.8. The van der Waals surface area contributed by atoms with Gasteiger partial charge in [0.25, 0.3) is 0 Å². The average Bonchev–Trinajstić information content (AvgIpc) is 3.31. The second-order valence-electron chi connectivity index (χ2n) is 8.25. The summed E-state index contributed by atoms with van der Waals surface area (Å²) >= 11 is 0. The standard InChI is InChI=1S/C19H30N2O3/c22-17(16-5-4-11-21(16)18(23)14-6-7-14)20-15-8-12-24-19(13-15)9-2-1-3-10-19/h14-16H,1-13H2,(H,20,22). The van der Waals surface area contributed by atoms with Crippen molar-refractivity contribution in [2.24, 2.45) is 5.92 Å². The van der Waals surface area contributed by atoms with Gasteiger partial charge in [-0.2, -0.15) is 0 Å². The van der Waals surface area contributed by atoms with Crippen LogP contribution in [-0.2, 0) is 14.3 Å². The summed E-state index contributed by atoms with van der Waals surface area (Å²) in [5, 5.41) is 3.26. The molecule has 4 fully saturated rings. The average molecular weight is 334 g/mol. The summed E-state index contributed by atoms with van der Waals surface area (Å²) < 4.78 is 6.13. The van der Waals surface area contributed by atoms with Crippen molar-refractivity contribution >= 4 is 11.8 Å². The first-order valence-electron chi connectivity index (χ1n) is 9.92. The van der Waals surface area contributed by atoms with Gasteiger partial charge in [-0.05, 0) is 51.4 Å². The van der Waals surface area contributed by atoms with Crippen molar-refractivity contribution in [2.45, 2.75) is 88.3 Å². The van der Waals surface area contributed by atoms with Crippen LogP contribution in [-0.4, -0.2) is 47.6 Å². The van der Waals surface area contributed by atoms with Crippen LogP contribution in [0.1, 0.15) is 70.6 Å². The molecule has 2 aliphatic heterocycles. The third kappa shape index (κ3) is 3.32. The van der Waals surface area contributed by atoms with Gasteiger partial charge >= 0.3 is 0 Å². The Kier molecular flexibility index (Phi) is 4.54. The predicted octanol–water partition coefficient (Wildman–Crippen LogP) is 2.39. The maximum Gasteiger partial charge on any atom is 0.243 e. The molecule has 2 saturated carbocycles.